The number of hydrogen-bond donors (Lipinski definition) is 6. The lowest BCUT2D eigenvalue weighted by atomic mass is 9.93. The minimum atomic E-state index is -0.825. The molecule has 420 valence electrons. The smallest absolute Gasteiger partial charge is 0.315 e. The van der Waals surface area contributed by atoms with Crippen LogP contribution in [0.4, 0.5) is 0 Å². The van der Waals surface area contributed by atoms with Crippen LogP contribution in [0.3, 0.4) is 0 Å². The summed E-state index contributed by atoms with van der Waals surface area (Å²) in [5, 5.41) is 61.0. The van der Waals surface area contributed by atoms with Gasteiger partial charge in [0.05, 0.1) is 38.5 Å². The molecule has 0 saturated heterocycles. The Hall–Kier alpha value is -11.4. The van der Waals surface area contributed by atoms with Crippen molar-refractivity contribution in [1.29, 1.82) is 0 Å². The van der Waals surface area contributed by atoms with E-state index in [0.717, 1.165) is 0 Å². The summed E-state index contributed by atoms with van der Waals surface area (Å²) in [5.74, 6) is -6.86. The molecule has 84 heavy (non-hydrogen) atoms. The first-order chi connectivity index (χ1) is 40.4. The second-order valence-electron chi connectivity index (χ2n) is 19.4. The highest BCUT2D eigenvalue weighted by Crippen LogP contribution is 2.48. The number of phenolic OH excluding ortho intramolecular Hbond substituents is 6. The Bertz CT molecular complexity index is 3430. The molecule has 0 bridgehead atoms. The van der Waals surface area contributed by atoms with Crippen LogP contribution in [0.15, 0.2) is 182 Å². The van der Waals surface area contributed by atoms with Crippen LogP contribution in [-0.2, 0) is 67.3 Å². The average Bonchev–Trinajstić information content (AvgIpc) is 1.24. The Balaban J connectivity index is 1.19. The van der Waals surface area contributed by atoms with Gasteiger partial charge in [-0.05, 0) is 175 Å². The summed E-state index contributed by atoms with van der Waals surface area (Å²) in [5.41, 5.74) is 2.75. The molecule has 0 spiro atoms. The summed E-state index contributed by atoms with van der Waals surface area (Å²) in [6.45, 7) is 0. The van der Waals surface area contributed by atoms with E-state index in [1.54, 1.807) is 0 Å². The summed E-state index contributed by atoms with van der Waals surface area (Å²) >= 11 is 0. The molecule has 18 nitrogen and oxygen atoms in total. The summed E-state index contributed by atoms with van der Waals surface area (Å²) in [6.07, 6.45) is -1.89. The monoisotopic (exact) mass is 1130 g/mol. The predicted octanol–water partition coefficient (Wildman–Crippen LogP) is 10.3. The van der Waals surface area contributed by atoms with Crippen LogP contribution in [0, 0.1) is 0 Å². The molecular weight excluding hydrogens is 1080 g/mol. The zero-order chi connectivity index (χ0) is 59.0. The lowest BCUT2D eigenvalue weighted by Gasteiger charge is -2.19. The van der Waals surface area contributed by atoms with Gasteiger partial charge in [-0.25, -0.2) is 0 Å². The summed E-state index contributed by atoms with van der Waals surface area (Å²) < 4.78 is 36.2. The molecule has 10 aromatic carbocycles. The lowest BCUT2D eigenvalue weighted by Crippen LogP contribution is -2.16. The van der Waals surface area contributed by atoms with Gasteiger partial charge >= 0.3 is 35.8 Å². The summed E-state index contributed by atoms with van der Waals surface area (Å²) in [7, 11) is 0. The van der Waals surface area contributed by atoms with Crippen molar-refractivity contribution < 1.29 is 87.8 Å². The van der Waals surface area contributed by atoms with Crippen molar-refractivity contribution in [3.8, 4) is 69.0 Å². The molecule has 0 aromatic heterocycles. The van der Waals surface area contributed by atoms with Crippen molar-refractivity contribution in [2.24, 2.45) is 0 Å². The molecule has 10 rings (SSSR count). The number of esters is 6. The van der Waals surface area contributed by atoms with Crippen LogP contribution in [0.1, 0.15) is 33.4 Å². The maximum Gasteiger partial charge on any atom is 0.315 e. The van der Waals surface area contributed by atoms with Crippen molar-refractivity contribution in [3.63, 3.8) is 0 Å². The first-order valence-electron chi connectivity index (χ1n) is 25.9. The van der Waals surface area contributed by atoms with Crippen LogP contribution >= 0.6 is 0 Å². The fourth-order valence-corrected chi connectivity index (χ4v) is 9.13. The zero-order valence-corrected chi connectivity index (χ0v) is 44.1. The Kier molecular flexibility index (Phi) is 16.3. The number of ether oxygens (including phenoxy) is 6. The normalized spacial score (nSPS) is 11.0. The number of carbonyl (C=O) groups is 6. The highest BCUT2D eigenvalue weighted by Gasteiger charge is 2.26. The van der Waals surface area contributed by atoms with E-state index < -0.39 is 35.8 Å². The second-order valence-corrected chi connectivity index (χ2v) is 19.4. The fourth-order valence-electron chi connectivity index (χ4n) is 9.13. The van der Waals surface area contributed by atoms with Crippen LogP contribution in [0.5, 0.6) is 69.0 Å². The van der Waals surface area contributed by atoms with Gasteiger partial charge in [-0.3, -0.25) is 28.8 Å². The van der Waals surface area contributed by atoms with E-state index in [2.05, 4.69) is 0 Å². The Labute approximate surface area is 477 Å². The van der Waals surface area contributed by atoms with Crippen molar-refractivity contribution in [2.45, 2.75) is 38.5 Å². The van der Waals surface area contributed by atoms with E-state index in [1.807, 2.05) is 0 Å². The largest absolute Gasteiger partial charge is 0.508 e. The van der Waals surface area contributed by atoms with Crippen molar-refractivity contribution in [1.82, 2.24) is 0 Å². The van der Waals surface area contributed by atoms with Crippen LogP contribution in [0.2, 0.25) is 0 Å². The van der Waals surface area contributed by atoms with Gasteiger partial charge in [0.2, 0.25) is 0 Å². The first kappa shape index (κ1) is 55.9. The zero-order valence-electron chi connectivity index (χ0n) is 44.1. The highest BCUT2D eigenvalue weighted by molar-refractivity contribution is 6.27. The number of benzene rings is 10. The molecule has 0 heterocycles. The van der Waals surface area contributed by atoms with E-state index in [9.17, 15) is 59.4 Å². The molecular formula is C66H48O18. The standard InChI is InChI=1S/C66H48O18/c67-43-13-1-37(2-14-43)25-61(73)79-55-31-49-50(32-56(55)80-62(74)26-38-3-15-44(68)16-4-38)52-34-58(82-64(76)28-40-7-19-46(70)20-8-40)60(84-66(78)30-42-11-23-48(72)24-12-42)36-54(52)53-35-59(83-65(77)29-41-9-21-47(71)22-10-41)57(33-51(49)53)81-63(75)27-39-5-17-45(69)18-6-39/h1-24,31-36,67-72H,25-30H2. The lowest BCUT2D eigenvalue weighted by molar-refractivity contribution is -0.136. The van der Waals surface area contributed by atoms with E-state index in [0.29, 0.717) is 33.4 Å². The molecule has 10 aromatic rings. The number of aromatic hydroxyl groups is 6. The minimum Gasteiger partial charge on any atom is -0.508 e. The van der Waals surface area contributed by atoms with Crippen LogP contribution in [-0.4, -0.2) is 66.5 Å². The fraction of sp³-hybridized carbons (Fsp3) is 0.0909. The number of carbonyl (C=O) groups excluding carboxylic acids is 6. The quantitative estimate of drug-likeness (QED) is 0.0265. The topological polar surface area (TPSA) is 279 Å². The molecule has 0 fully saturated rings. The third kappa shape index (κ3) is 13.9. The third-order valence-electron chi connectivity index (χ3n) is 13.2. The van der Waals surface area contributed by atoms with Gasteiger partial charge in [-0.1, -0.05) is 72.8 Å². The van der Waals surface area contributed by atoms with E-state index in [1.165, 1.54) is 182 Å². The SMILES string of the molecule is O=C(Cc1ccc(O)cc1)Oc1cc2c3cc(OC(=O)Cc4ccc(O)cc4)c(OC(=O)Cc4ccc(O)cc4)cc3c3cc(OC(=O)Cc4ccc(O)cc4)c(OC(=O)Cc4ccc(O)cc4)cc3c2cc1OC(=O)Cc1ccc(O)cc1. The van der Waals surface area contributed by atoms with Gasteiger partial charge in [0.25, 0.3) is 0 Å². The van der Waals surface area contributed by atoms with Gasteiger partial charge in [0, 0.05) is 0 Å². The first-order valence-corrected chi connectivity index (χ1v) is 25.9. The molecule has 0 aliphatic carbocycles. The predicted molar refractivity (Wildman–Crippen MR) is 304 cm³/mol. The molecule has 0 amide bonds. The molecule has 0 saturated carbocycles. The Morgan fingerprint density at radius 1 is 0.214 bits per heavy atom. The Morgan fingerprint density at radius 3 is 0.452 bits per heavy atom. The summed E-state index contributed by atoms with van der Waals surface area (Å²) in [4.78, 5) is 83.6. The molecule has 0 atom stereocenters. The molecule has 0 radical (unpaired) electrons. The van der Waals surface area contributed by atoms with Gasteiger partial charge in [0.1, 0.15) is 34.5 Å². The van der Waals surface area contributed by atoms with E-state index >= 15 is 0 Å². The van der Waals surface area contributed by atoms with Crippen LogP contribution in [0.25, 0.3) is 32.3 Å². The maximum absolute atomic E-state index is 13.9. The van der Waals surface area contributed by atoms with Crippen molar-refractivity contribution in [3.05, 3.63) is 215 Å². The number of fused-ring (bicyclic) bond motifs is 6. The van der Waals surface area contributed by atoms with Gasteiger partial charge in [-0.15, -0.1) is 0 Å². The van der Waals surface area contributed by atoms with Crippen molar-refractivity contribution >= 4 is 68.1 Å². The third-order valence-corrected chi connectivity index (χ3v) is 13.2. The van der Waals surface area contributed by atoms with E-state index in [-0.39, 0.29) is 140 Å². The Morgan fingerprint density at radius 2 is 0.333 bits per heavy atom. The number of hydrogen-bond acceptors (Lipinski definition) is 18. The summed E-state index contributed by atoms with van der Waals surface area (Å²) in [6, 6.07) is 43.3. The van der Waals surface area contributed by atoms with Gasteiger partial charge in [0.15, 0.2) is 34.5 Å². The van der Waals surface area contributed by atoms with Crippen LogP contribution < -0.4 is 28.4 Å². The van der Waals surface area contributed by atoms with Gasteiger partial charge in [-0.2, -0.15) is 0 Å². The molecule has 18 heteroatoms. The van der Waals surface area contributed by atoms with Crippen molar-refractivity contribution in [2.75, 3.05) is 0 Å². The van der Waals surface area contributed by atoms with E-state index in [4.69, 9.17) is 28.4 Å². The highest BCUT2D eigenvalue weighted by atomic mass is 16.6. The molecule has 0 aliphatic heterocycles. The second kappa shape index (κ2) is 24.5. The molecule has 0 unspecified atom stereocenters. The number of phenols is 6. The number of rotatable bonds is 18. The molecule has 6 N–H and O–H groups in total. The molecule has 0 aliphatic rings. The van der Waals surface area contributed by atoms with Gasteiger partial charge < -0.3 is 59.1 Å². The average molecular weight is 1130 g/mol. The maximum atomic E-state index is 13.9. The minimum absolute atomic E-state index is 0.0427.